The third-order valence-corrected chi connectivity index (χ3v) is 3.56. The lowest BCUT2D eigenvalue weighted by Gasteiger charge is -2.11. The number of hydrogen-bond donors (Lipinski definition) is 0. The summed E-state index contributed by atoms with van der Waals surface area (Å²) in [7, 11) is 0. The zero-order valence-electron chi connectivity index (χ0n) is 11.4. The van der Waals surface area contributed by atoms with Crippen LogP contribution in [0.5, 0.6) is 0 Å². The maximum atomic E-state index is 6.26. The van der Waals surface area contributed by atoms with Gasteiger partial charge in [0, 0.05) is 12.4 Å². The van der Waals surface area contributed by atoms with Gasteiger partial charge in [-0.15, -0.1) is 11.6 Å². The first kappa shape index (κ1) is 13.1. The van der Waals surface area contributed by atoms with E-state index in [1.807, 2.05) is 25.3 Å². The summed E-state index contributed by atoms with van der Waals surface area (Å²) in [6.45, 7) is 4.66. The van der Waals surface area contributed by atoms with Gasteiger partial charge in [0.05, 0.1) is 29.3 Å². The van der Waals surface area contributed by atoms with Crippen molar-refractivity contribution in [2.45, 2.75) is 25.8 Å². The Bertz CT molecular complexity index is 748. The summed E-state index contributed by atoms with van der Waals surface area (Å²) in [6, 6.07) is 5.97. The molecule has 0 spiro atoms. The van der Waals surface area contributed by atoms with Crippen LogP contribution in [0.15, 0.2) is 36.8 Å². The maximum absolute atomic E-state index is 6.26. The first-order chi connectivity index (χ1) is 9.66. The molecule has 1 unspecified atom stereocenters. The van der Waals surface area contributed by atoms with E-state index in [1.54, 1.807) is 12.4 Å². The van der Waals surface area contributed by atoms with Gasteiger partial charge in [-0.05, 0) is 31.5 Å². The molecule has 0 aromatic carbocycles. The van der Waals surface area contributed by atoms with Gasteiger partial charge in [-0.3, -0.25) is 9.97 Å². The van der Waals surface area contributed by atoms with Crippen LogP contribution in [0.25, 0.3) is 11.0 Å². The van der Waals surface area contributed by atoms with E-state index >= 15 is 0 Å². The van der Waals surface area contributed by atoms with Crippen LogP contribution in [0.4, 0.5) is 0 Å². The number of fused-ring (bicyclic) bond motifs is 1. The van der Waals surface area contributed by atoms with Gasteiger partial charge in [0.15, 0.2) is 0 Å². The largest absolute Gasteiger partial charge is 0.321 e. The predicted molar refractivity (Wildman–Crippen MR) is 79.9 cm³/mol. The van der Waals surface area contributed by atoms with Crippen LogP contribution in [0.2, 0.25) is 0 Å². The quantitative estimate of drug-likeness (QED) is 0.692. The first-order valence-corrected chi connectivity index (χ1v) is 6.95. The maximum Gasteiger partial charge on any atom is 0.128 e. The molecule has 5 heteroatoms. The second-order valence-electron chi connectivity index (χ2n) is 4.80. The molecule has 1 atom stereocenters. The number of alkyl halides is 1. The van der Waals surface area contributed by atoms with Gasteiger partial charge in [-0.1, -0.05) is 6.07 Å². The summed E-state index contributed by atoms with van der Waals surface area (Å²) in [5.74, 6) is 0.847. The number of nitrogens with zero attached hydrogens (tertiary/aromatic N) is 4. The van der Waals surface area contributed by atoms with Crippen LogP contribution in [-0.2, 0) is 6.54 Å². The molecule has 0 aliphatic carbocycles. The van der Waals surface area contributed by atoms with Gasteiger partial charge in [0.2, 0.25) is 0 Å². The fourth-order valence-electron chi connectivity index (χ4n) is 2.30. The van der Waals surface area contributed by atoms with Crippen LogP contribution in [0.1, 0.15) is 29.4 Å². The lowest BCUT2D eigenvalue weighted by atomic mass is 10.2. The second kappa shape index (κ2) is 5.21. The highest BCUT2D eigenvalue weighted by molar-refractivity contribution is 6.20. The highest BCUT2D eigenvalue weighted by Gasteiger charge is 2.16. The van der Waals surface area contributed by atoms with Crippen LogP contribution < -0.4 is 0 Å². The third kappa shape index (κ3) is 2.27. The Kier molecular flexibility index (Phi) is 3.40. The van der Waals surface area contributed by atoms with E-state index in [1.165, 1.54) is 0 Å². The molecule has 0 amide bonds. The van der Waals surface area contributed by atoms with E-state index in [-0.39, 0.29) is 5.38 Å². The van der Waals surface area contributed by atoms with Crippen LogP contribution in [0.3, 0.4) is 0 Å². The van der Waals surface area contributed by atoms with Gasteiger partial charge in [-0.25, -0.2) is 4.98 Å². The second-order valence-corrected chi connectivity index (χ2v) is 5.46. The van der Waals surface area contributed by atoms with E-state index < -0.39 is 0 Å². The van der Waals surface area contributed by atoms with Crippen molar-refractivity contribution >= 4 is 22.6 Å². The molecular weight excluding hydrogens is 272 g/mol. The molecule has 0 N–H and O–H groups in total. The Morgan fingerprint density at radius 2 is 2.15 bits per heavy atom. The van der Waals surface area contributed by atoms with Crippen molar-refractivity contribution in [3.05, 3.63) is 53.9 Å². The predicted octanol–water partition coefficient (Wildman–Crippen LogP) is 3.48. The Balaban J connectivity index is 2.14. The van der Waals surface area contributed by atoms with Crippen molar-refractivity contribution in [1.82, 2.24) is 19.5 Å². The van der Waals surface area contributed by atoms with Gasteiger partial charge in [0.1, 0.15) is 11.3 Å². The lowest BCUT2D eigenvalue weighted by molar-refractivity contribution is 0.723. The van der Waals surface area contributed by atoms with E-state index in [2.05, 4.69) is 32.5 Å². The van der Waals surface area contributed by atoms with Crippen molar-refractivity contribution in [3.63, 3.8) is 0 Å². The molecule has 4 nitrogen and oxygen atoms in total. The first-order valence-electron chi connectivity index (χ1n) is 6.51. The number of rotatable bonds is 3. The van der Waals surface area contributed by atoms with E-state index in [0.717, 1.165) is 28.1 Å². The number of aryl methyl sites for hydroxylation is 1. The molecule has 0 saturated carbocycles. The van der Waals surface area contributed by atoms with Gasteiger partial charge in [-0.2, -0.15) is 0 Å². The molecular formula is C15H15ClN4. The standard InChI is InChI=1S/C15H15ClN4/c1-10-4-3-6-18-13(10)9-20-14-5-7-17-8-12(14)19-15(20)11(2)16/h3-8,11H,9H2,1-2H3. The van der Waals surface area contributed by atoms with Crippen molar-refractivity contribution in [2.24, 2.45) is 0 Å². The normalized spacial score (nSPS) is 12.8. The van der Waals surface area contributed by atoms with Crippen LogP contribution in [-0.4, -0.2) is 19.5 Å². The minimum absolute atomic E-state index is 0.161. The molecule has 0 fully saturated rings. The summed E-state index contributed by atoms with van der Waals surface area (Å²) in [5.41, 5.74) is 4.09. The van der Waals surface area contributed by atoms with Crippen molar-refractivity contribution in [3.8, 4) is 0 Å². The van der Waals surface area contributed by atoms with E-state index in [9.17, 15) is 0 Å². The fraction of sp³-hybridized carbons (Fsp3) is 0.267. The molecule has 0 saturated heterocycles. The molecule has 102 valence electrons. The molecule has 0 aliphatic heterocycles. The third-order valence-electron chi connectivity index (χ3n) is 3.36. The fourth-order valence-corrected chi connectivity index (χ4v) is 2.47. The Labute approximate surface area is 122 Å². The molecule has 3 rings (SSSR count). The van der Waals surface area contributed by atoms with Crippen LogP contribution in [0, 0.1) is 6.92 Å². The van der Waals surface area contributed by atoms with Gasteiger partial charge < -0.3 is 4.57 Å². The molecule has 0 radical (unpaired) electrons. The summed E-state index contributed by atoms with van der Waals surface area (Å²) < 4.78 is 2.12. The number of aromatic nitrogens is 4. The summed E-state index contributed by atoms with van der Waals surface area (Å²) in [5, 5.41) is -0.161. The Morgan fingerprint density at radius 3 is 2.90 bits per heavy atom. The molecule has 3 aromatic heterocycles. The van der Waals surface area contributed by atoms with E-state index in [0.29, 0.717) is 6.54 Å². The molecule has 0 aliphatic rings. The molecule has 3 heterocycles. The van der Waals surface area contributed by atoms with Crippen molar-refractivity contribution in [1.29, 1.82) is 0 Å². The number of imidazole rings is 1. The average molecular weight is 287 g/mol. The number of hydrogen-bond acceptors (Lipinski definition) is 3. The zero-order valence-corrected chi connectivity index (χ0v) is 12.2. The van der Waals surface area contributed by atoms with Gasteiger partial charge in [0.25, 0.3) is 0 Å². The summed E-state index contributed by atoms with van der Waals surface area (Å²) in [4.78, 5) is 13.1. The zero-order chi connectivity index (χ0) is 14.1. The van der Waals surface area contributed by atoms with Crippen molar-refractivity contribution < 1.29 is 0 Å². The van der Waals surface area contributed by atoms with Crippen molar-refractivity contribution in [2.75, 3.05) is 0 Å². The summed E-state index contributed by atoms with van der Waals surface area (Å²) in [6.07, 6.45) is 5.35. The SMILES string of the molecule is Cc1cccnc1Cn1c(C(C)Cl)nc2cnccc21. The molecule has 0 bridgehead atoms. The minimum atomic E-state index is -0.161. The average Bonchev–Trinajstić information content (AvgIpc) is 2.81. The molecule has 3 aromatic rings. The van der Waals surface area contributed by atoms with E-state index in [4.69, 9.17) is 11.6 Å². The number of pyridine rings is 2. The minimum Gasteiger partial charge on any atom is -0.321 e. The highest BCUT2D eigenvalue weighted by Crippen LogP contribution is 2.25. The summed E-state index contributed by atoms with van der Waals surface area (Å²) >= 11 is 6.26. The lowest BCUT2D eigenvalue weighted by Crippen LogP contribution is -2.08. The smallest absolute Gasteiger partial charge is 0.128 e. The van der Waals surface area contributed by atoms with Crippen LogP contribution >= 0.6 is 11.6 Å². The Morgan fingerprint density at radius 1 is 1.30 bits per heavy atom. The number of halogens is 1. The van der Waals surface area contributed by atoms with Gasteiger partial charge >= 0.3 is 0 Å². The highest BCUT2D eigenvalue weighted by atomic mass is 35.5. The topological polar surface area (TPSA) is 43.6 Å². The monoisotopic (exact) mass is 286 g/mol. The molecule has 20 heavy (non-hydrogen) atoms. The Hall–Kier alpha value is -1.94.